The number of pyridine rings is 1. The van der Waals surface area contributed by atoms with Crippen molar-refractivity contribution in [3.8, 4) is 0 Å². The molecule has 2 rings (SSSR count). The molecule has 6 heteroatoms. The number of alkyl halides is 3. The van der Waals surface area contributed by atoms with Gasteiger partial charge in [0.15, 0.2) is 0 Å². The summed E-state index contributed by atoms with van der Waals surface area (Å²) >= 11 is 0. The van der Waals surface area contributed by atoms with Crippen LogP contribution in [0.25, 0.3) is 0 Å². The normalized spacial score (nSPS) is 23.9. The maximum atomic E-state index is 12.7. The Balaban J connectivity index is 1.94. The first-order valence-electron chi connectivity index (χ1n) is 6.24. The van der Waals surface area contributed by atoms with E-state index >= 15 is 0 Å². The molecule has 1 saturated carbocycles. The summed E-state index contributed by atoms with van der Waals surface area (Å²) in [5.74, 6) is -1.64. The van der Waals surface area contributed by atoms with E-state index in [0.717, 1.165) is 0 Å². The second-order valence-electron chi connectivity index (χ2n) is 4.81. The smallest absolute Gasteiger partial charge is 0.349 e. The number of nitrogens with zero attached hydrogens (tertiary/aromatic N) is 1. The predicted molar refractivity (Wildman–Crippen MR) is 63.5 cm³/mol. The van der Waals surface area contributed by atoms with Gasteiger partial charge in [0.2, 0.25) is 0 Å². The molecular formula is C13H15F3N2O. The molecule has 104 valence electrons. The van der Waals surface area contributed by atoms with Crippen LogP contribution in [0.2, 0.25) is 0 Å². The molecule has 1 fully saturated rings. The molecule has 1 heterocycles. The maximum Gasteiger partial charge on any atom is 0.391 e. The summed E-state index contributed by atoms with van der Waals surface area (Å²) in [7, 11) is 0. The molecular weight excluding hydrogens is 257 g/mol. The predicted octanol–water partition coefficient (Wildman–Crippen LogP) is 2.93. The first-order chi connectivity index (χ1) is 8.97. The molecule has 0 radical (unpaired) electrons. The number of hydrogen-bond acceptors (Lipinski definition) is 2. The number of amides is 1. The number of hydrogen-bond donors (Lipinski definition) is 1. The van der Waals surface area contributed by atoms with Gasteiger partial charge in [-0.3, -0.25) is 9.78 Å². The van der Waals surface area contributed by atoms with E-state index in [2.05, 4.69) is 10.3 Å². The molecule has 1 aromatic heterocycles. The Labute approximate surface area is 109 Å². The molecule has 3 nitrogen and oxygen atoms in total. The Bertz CT molecular complexity index is 433. The standard InChI is InChI=1S/C13H15F3N2O/c14-13(15,16)10-2-1-3-11(8-10)18-12(19)9-4-6-17-7-5-9/h4-7,10-11H,1-3,8H2,(H,18,19)/t10-,11+/m0/s1. The number of aromatic nitrogens is 1. The summed E-state index contributed by atoms with van der Waals surface area (Å²) < 4.78 is 38.0. The summed E-state index contributed by atoms with van der Waals surface area (Å²) in [6.07, 6.45) is 0.0169. The average Bonchev–Trinajstić information content (AvgIpc) is 2.39. The lowest BCUT2D eigenvalue weighted by Gasteiger charge is -2.31. The topological polar surface area (TPSA) is 42.0 Å². The van der Waals surface area contributed by atoms with Crippen LogP contribution in [0.5, 0.6) is 0 Å². The van der Waals surface area contributed by atoms with Crippen molar-refractivity contribution in [2.75, 3.05) is 0 Å². The molecule has 1 N–H and O–H groups in total. The minimum Gasteiger partial charge on any atom is -0.349 e. The van der Waals surface area contributed by atoms with E-state index < -0.39 is 18.1 Å². The fourth-order valence-corrected chi connectivity index (χ4v) is 2.39. The van der Waals surface area contributed by atoms with E-state index in [-0.39, 0.29) is 18.7 Å². The number of halogens is 3. The molecule has 0 saturated heterocycles. The van der Waals surface area contributed by atoms with Crippen LogP contribution in [0.3, 0.4) is 0 Å². The minimum absolute atomic E-state index is 0.0275. The van der Waals surface area contributed by atoms with Gasteiger partial charge in [0.25, 0.3) is 5.91 Å². The number of carbonyl (C=O) groups excluding carboxylic acids is 1. The van der Waals surface area contributed by atoms with Gasteiger partial charge in [-0.05, 0) is 31.4 Å². The summed E-state index contributed by atoms with van der Waals surface area (Å²) in [4.78, 5) is 15.6. The van der Waals surface area contributed by atoms with Crippen molar-refractivity contribution in [1.29, 1.82) is 0 Å². The second kappa shape index (κ2) is 5.59. The van der Waals surface area contributed by atoms with Crippen LogP contribution in [-0.4, -0.2) is 23.1 Å². The summed E-state index contributed by atoms with van der Waals surface area (Å²) in [6, 6.07) is 2.68. The zero-order valence-electron chi connectivity index (χ0n) is 10.3. The van der Waals surface area contributed by atoms with Gasteiger partial charge in [0.05, 0.1) is 5.92 Å². The molecule has 0 bridgehead atoms. The summed E-state index contributed by atoms with van der Waals surface area (Å²) in [5, 5.41) is 2.67. The molecule has 1 aliphatic carbocycles. The number of carbonyl (C=O) groups is 1. The van der Waals surface area contributed by atoms with Crippen LogP contribution < -0.4 is 5.32 Å². The number of nitrogens with one attached hydrogen (secondary N) is 1. The molecule has 19 heavy (non-hydrogen) atoms. The van der Waals surface area contributed by atoms with Crippen LogP contribution in [-0.2, 0) is 0 Å². The molecule has 0 spiro atoms. The van der Waals surface area contributed by atoms with Crippen molar-refractivity contribution in [3.05, 3.63) is 30.1 Å². The van der Waals surface area contributed by atoms with E-state index in [1.54, 1.807) is 12.1 Å². The monoisotopic (exact) mass is 272 g/mol. The van der Waals surface area contributed by atoms with Crippen LogP contribution >= 0.6 is 0 Å². The Morgan fingerprint density at radius 1 is 1.26 bits per heavy atom. The van der Waals surface area contributed by atoms with Crippen LogP contribution in [0.15, 0.2) is 24.5 Å². The van der Waals surface area contributed by atoms with Crippen molar-refractivity contribution in [2.45, 2.75) is 37.9 Å². The minimum atomic E-state index is -4.17. The molecule has 2 atom stereocenters. The third-order valence-corrected chi connectivity index (χ3v) is 3.41. The average molecular weight is 272 g/mol. The van der Waals surface area contributed by atoms with E-state index in [0.29, 0.717) is 18.4 Å². The van der Waals surface area contributed by atoms with Gasteiger partial charge in [-0.1, -0.05) is 6.42 Å². The van der Waals surface area contributed by atoms with Gasteiger partial charge in [0, 0.05) is 24.0 Å². The lowest BCUT2D eigenvalue weighted by Crippen LogP contribution is -2.41. The van der Waals surface area contributed by atoms with E-state index in [4.69, 9.17) is 0 Å². The first kappa shape index (κ1) is 13.8. The van der Waals surface area contributed by atoms with Crippen LogP contribution in [0, 0.1) is 5.92 Å². The van der Waals surface area contributed by atoms with Crippen molar-refractivity contribution < 1.29 is 18.0 Å². The van der Waals surface area contributed by atoms with Gasteiger partial charge in [-0.25, -0.2) is 0 Å². The molecule has 0 unspecified atom stereocenters. The Hall–Kier alpha value is -1.59. The van der Waals surface area contributed by atoms with E-state index in [1.807, 2.05) is 0 Å². The Morgan fingerprint density at radius 2 is 1.95 bits per heavy atom. The Morgan fingerprint density at radius 3 is 2.58 bits per heavy atom. The second-order valence-corrected chi connectivity index (χ2v) is 4.81. The molecule has 0 aromatic carbocycles. The third kappa shape index (κ3) is 3.68. The highest BCUT2D eigenvalue weighted by atomic mass is 19.4. The first-order valence-corrected chi connectivity index (χ1v) is 6.24. The van der Waals surface area contributed by atoms with Gasteiger partial charge >= 0.3 is 6.18 Å². The van der Waals surface area contributed by atoms with E-state index in [1.165, 1.54) is 12.4 Å². The van der Waals surface area contributed by atoms with Gasteiger partial charge < -0.3 is 5.32 Å². The zero-order valence-corrected chi connectivity index (χ0v) is 10.3. The molecule has 1 aliphatic rings. The van der Waals surface area contributed by atoms with Gasteiger partial charge in [0.1, 0.15) is 0 Å². The van der Waals surface area contributed by atoms with Crippen molar-refractivity contribution in [2.24, 2.45) is 5.92 Å². The summed E-state index contributed by atoms with van der Waals surface area (Å²) in [6.45, 7) is 0. The molecule has 0 aliphatic heterocycles. The van der Waals surface area contributed by atoms with Gasteiger partial charge in [-0.15, -0.1) is 0 Å². The quantitative estimate of drug-likeness (QED) is 0.899. The largest absolute Gasteiger partial charge is 0.391 e. The number of rotatable bonds is 2. The summed E-state index contributed by atoms with van der Waals surface area (Å²) in [5.41, 5.74) is 0.420. The zero-order chi connectivity index (χ0) is 13.9. The van der Waals surface area contributed by atoms with Gasteiger partial charge in [-0.2, -0.15) is 13.2 Å². The lowest BCUT2D eigenvalue weighted by molar-refractivity contribution is -0.183. The maximum absolute atomic E-state index is 12.7. The third-order valence-electron chi connectivity index (χ3n) is 3.41. The Kier molecular flexibility index (Phi) is 4.07. The van der Waals surface area contributed by atoms with Crippen molar-refractivity contribution in [1.82, 2.24) is 10.3 Å². The fraction of sp³-hybridized carbons (Fsp3) is 0.538. The highest BCUT2D eigenvalue weighted by Gasteiger charge is 2.42. The highest BCUT2D eigenvalue weighted by molar-refractivity contribution is 5.94. The van der Waals surface area contributed by atoms with Crippen LogP contribution in [0.4, 0.5) is 13.2 Å². The van der Waals surface area contributed by atoms with Crippen molar-refractivity contribution in [3.63, 3.8) is 0 Å². The van der Waals surface area contributed by atoms with E-state index in [9.17, 15) is 18.0 Å². The van der Waals surface area contributed by atoms with Crippen molar-refractivity contribution >= 4 is 5.91 Å². The highest BCUT2D eigenvalue weighted by Crippen LogP contribution is 2.37. The SMILES string of the molecule is O=C(N[C@@H]1CCC[C@H](C(F)(F)F)C1)c1ccncc1. The molecule has 1 amide bonds. The lowest BCUT2D eigenvalue weighted by atomic mass is 9.85. The van der Waals surface area contributed by atoms with Crippen LogP contribution in [0.1, 0.15) is 36.0 Å². The fourth-order valence-electron chi connectivity index (χ4n) is 2.39. The molecule has 1 aromatic rings.